The molecule has 34 heavy (non-hydrogen) atoms. The summed E-state index contributed by atoms with van der Waals surface area (Å²) < 4.78 is 12.2. The molecule has 2 aromatic carbocycles. The quantitative estimate of drug-likeness (QED) is 0.564. The van der Waals surface area contributed by atoms with Crippen LogP contribution in [-0.4, -0.2) is 59.4 Å². The lowest BCUT2D eigenvalue weighted by Crippen LogP contribution is -2.44. The van der Waals surface area contributed by atoms with Crippen LogP contribution in [0.4, 0.5) is 4.79 Å². The number of imide groups is 1. The number of benzene rings is 2. The molecule has 1 fully saturated rings. The third kappa shape index (κ3) is 3.63. The first-order chi connectivity index (χ1) is 16.3. The summed E-state index contributed by atoms with van der Waals surface area (Å²) in [7, 11) is 1.65. The van der Waals surface area contributed by atoms with E-state index < -0.39 is 17.5 Å². The van der Waals surface area contributed by atoms with Crippen LogP contribution in [0.1, 0.15) is 30.5 Å². The van der Waals surface area contributed by atoms with Crippen LogP contribution in [0.25, 0.3) is 10.2 Å². The van der Waals surface area contributed by atoms with Crippen molar-refractivity contribution >= 4 is 39.4 Å². The van der Waals surface area contributed by atoms with Crippen molar-refractivity contribution in [2.45, 2.75) is 25.4 Å². The zero-order valence-corrected chi connectivity index (χ0v) is 19.8. The molecule has 0 aliphatic carbocycles. The van der Waals surface area contributed by atoms with Crippen molar-refractivity contribution < 1.29 is 23.9 Å². The number of hydrogen-bond acceptors (Lipinski definition) is 7. The summed E-state index contributed by atoms with van der Waals surface area (Å²) >= 11 is 1.52. The van der Waals surface area contributed by atoms with E-state index >= 15 is 0 Å². The van der Waals surface area contributed by atoms with Crippen LogP contribution in [0.5, 0.6) is 11.5 Å². The van der Waals surface area contributed by atoms with Crippen LogP contribution in [0.2, 0.25) is 0 Å². The molecule has 10 heteroatoms. The SMILES string of the molecule is C[C@H](c1nc2ccccc2s1)N(C)C(=O)CN1C(=O)N[C@@](C)(c2ccc3c(c2)OCCO3)C1=O. The predicted molar refractivity (Wildman–Crippen MR) is 126 cm³/mol. The number of para-hydroxylation sites is 1. The Morgan fingerprint density at radius 1 is 1.21 bits per heavy atom. The molecule has 3 heterocycles. The summed E-state index contributed by atoms with van der Waals surface area (Å²) in [6.07, 6.45) is 0. The van der Waals surface area contributed by atoms with Gasteiger partial charge in [-0.15, -0.1) is 11.3 Å². The number of nitrogens with zero attached hydrogens (tertiary/aromatic N) is 3. The van der Waals surface area contributed by atoms with Gasteiger partial charge in [0.25, 0.3) is 5.91 Å². The topological polar surface area (TPSA) is 101 Å². The zero-order chi connectivity index (χ0) is 24.0. The van der Waals surface area contributed by atoms with Crippen molar-refractivity contribution in [2.24, 2.45) is 0 Å². The molecule has 0 radical (unpaired) electrons. The Morgan fingerprint density at radius 2 is 1.94 bits per heavy atom. The molecule has 4 amide bonds. The predicted octanol–water partition coefficient (Wildman–Crippen LogP) is 3.05. The van der Waals surface area contributed by atoms with Crippen molar-refractivity contribution in [1.29, 1.82) is 0 Å². The number of thiazole rings is 1. The molecule has 1 saturated heterocycles. The van der Waals surface area contributed by atoms with Crippen molar-refractivity contribution in [3.63, 3.8) is 0 Å². The number of rotatable bonds is 5. The second-order valence-electron chi connectivity index (χ2n) is 8.51. The number of fused-ring (bicyclic) bond motifs is 2. The van der Waals surface area contributed by atoms with Crippen LogP contribution in [0, 0.1) is 0 Å². The van der Waals surface area contributed by atoms with E-state index in [1.54, 1.807) is 32.2 Å². The van der Waals surface area contributed by atoms with Crippen LogP contribution < -0.4 is 14.8 Å². The summed E-state index contributed by atoms with van der Waals surface area (Å²) in [5.74, 6) is 0.254. The molecule has 1 aromatic heterocycles. The third-order valence-electron chi connectivity index (χ3n) is 6.33. The molecule has 9 nitrogen and oxygen atoms in total. The number of nitrogens with one attached hydrogen (secondary N) is 1. The average Bonchev–Trinajstić information content (AvgIpc) is 3.38. The fourth-order valence-corrected chi connectivity index (χ4v) is 5.15. The fraction of sp³-hybridized carbons (Fsp3) is 0.333. The van der Waals surface area contributed by atoms with Gasteiger partial charge in [-0.2, -0.15) is 0 Å². The minimum atomic E-state index is -1.32. The molecule has 1 N–H and O–H groups in total. The number of amides is 4. The van der Waals surface area contributed by atoms with Gasteiger partial charge in [-0.05, 0) is 43.7 Å². The van der Waals surface area contributed by atoms with Crippen molar-refractivity contribution in [3.8, 4) is 11.5 Å². The number of carbonyl (C=O) groups excluding carboxylic acids is 3. The summed E-state index contributed by atoms with van der Waals surface area (Å²) in [5, 5.41) is 3.52. The minimum absolute atomic E-state index is 0.310. The second-order valence-corrected chi connectivity index (χ2v) is 9.57. The lowest BCUT2D eigenvalue weighted by atomic mass is 9.91. The van der Waals surface area contributed by atoms with E-state index in [-0.39, 0.29) is 18.5 Å². The van der Waals surface area contributed by atoms with E-state index in [0.717, 1.165) is 20.1 Å². The van der Waals surface area contributed by atoms with Crippen LogP contribution in [0.15, 0.2) is 42.5 Å². The first-order valence-corrected chi connectivity index (χ1v) is 11.7. The van der Waals surface area contributed by atoms with Gasteiger partial charge in [-0.25, -0.2) is 9.78 Å². The highest BCUT2D eigenvalue weighted by atomic mass is 32.1. The van der Waals surface area contributed by atoms with Gasteiger partial charge in [0.1, 0.15) is 30.3 Å². The van der Waals surface area contributed by atoms with Crippen LogP contribution in [-0.2, 0) is 15.1 Å². The largest absolute Gasteiger partial charge is 0.486 e. The van der Waals surface area contributed by atoms with Gasteiger partial charge in [0, 0.05) is 7.05 Å². The summed E-state index contributed by atoms with van der Waals surface area (Å²) in [5.41, 5.74) is 0.116. The van der Waals surface area contributed by atoms with E-state index in [0.29, 0.717) is 30.3 Å². The van der Waals surface area contributed by atoms with E-state index in [1.165, 1.54) is 16.2 Å². The summed E-state index contributed by atoms with van der Waals surface area (Å²) in [4.78, 5) is 46.2. The number of urea groups is 1. The van der Waals surface area contributed by atoms with Gasteiger partial charge in [0.15, 0.2) is 11.5 Å². The molecule has 2 atom stereocenters. The highest BCUT2D eigenvalue weighted by Gasteiger charge is 2.50. The van der Waals surface area contributed by atoms with E-state index in [9.17, 15) is 14.4 Å². The number of hydrogen-bond donors (Lipinski definition) is 1. The van der Waals surface area contributed by atoms with Crippen molar-refractivity contribution in [1.82, 2.24) is 20.1 Å². The van der Waals surface area contributed by atoms with Gasteiger partial charge in [-0.3, -0.25) is 14.5 Å². The molecule has 0 bridgehead atoms. The van der Waals surface area contributed by atoms with E-state index in [4.69, 9.17) is 9.47 Å². The Kier molecular flexibility index (Phi) is 5.40. The molecule has 0 spiro atoms. The molecule has 5 rings (SSSR count). The molecular formula is C24H24N4O5S. The maximum Gasteiger partial charge on any atom is 0.325 e. The maximum atomic E-state index is 13.3. The Morgan fingerprint density at radius 3 is 2.71 bits per heavy atom. The van der Waals surface area contributed by atoms with Crippen molar-refractivity contribution in [2.75, 3.05) is 26.8 Å². The average molecular weight is 481 g/mol. The van der Waals surface area contributed by atoms with Crippen LogP contribution >= 0.6 is 11.3 Å². The monoisotopic (exact) mass is 480 g/mol. The molecule has 3 aromatic rings. The zero-order valence-electron chi connectivity index (χ0n) is 19.0. The fourth-order valence-electron chi connectivity index (χ4n) is 4.09. The van der Waals surface area contributed by atoms with Crippen molar-refractivity contribution in [3.05, 3.63) is 53.0 Å². The van der Waals surface area contributed by atoms with Gasteiger partial charge < -0.3 is 19.7 Å². The number of carbonyl (C=O) groups is 3. The molecule has 0 unspecified atom stereocenters. The summed E-state index contributed by atoms with van der Waals surface area (Å²) in [6, 6.07) is 12.0. The Bertz CT molecular complexity index is 1270. The lowest BCUT2D eigenvalue weighted by molar-refractivity contribution is -0.139. The first kappa shape index (κ1) is 22.1. The highest BCUT2D eigenvalue weighted by Crippen LogP contribution is 2.37. The van der Waals surface area contributed by atoms with Gasteiger partial charge >= 0.3 is 6.03 Å². The van der Waals surface area contributed by atoms with Gasteiger partial charge in [-0.1, -0.05) is 18.2 Å². The molecule has 2 aliphatic rings. The smallest absolute Gasteiger partial charge is 0.325 e. The summed E-state index contributed by atoms with van der Waals surface area (Å²) in [6.45, 7) is 4.00. The van der Waals surface area contributed by atoms with Gasteiger partial charge in [0.05, 0.1) is 16.3 Å². The van der Waals surface area contributed by atoms with E-state index in [1.807, 2.05) is 31.2 Å². The standard InChI is InChI=1S/C24H24N4O5S/c1-14(21-25-16-6-4-5-7-19(16)34-21)27(3)20(29)13-28-22(30)24(2,26-23(28)31)15-8-9-17-18(12-15)33-11-10-32-17/h4-9,12,14H,10-11,13H2,1-3H3,(H,26,31)/t14-,24+/m1/s1. The number of aromatic nitrogens is 1. The Balaban J connectivity index is 1.32. The number of ether oxygens (including phenoxy) is 2. The molecule has 0 saturated carbocycles. The Hall–Kier alpha value is -3.66. The van der Waals surface area contributed by atoms with Crippen LogP contribution in [0.3, 0.4) is 0 Å². The van der Waals surface area contributed by atoms with Gasteiger partial charge in [0.2, 0.25) is 5.91 Å². The second kappa shape index (κ2) is 8.28. The highest BCUT2D eigenvalue weighted by molar-refractivity contribution is 7.18. The molecule has 2 aliphatic heterocycles. The maximum absolute atomic E-state index is 13.3. The normalized spacial score (nSPS) is 20.4. The first-order valence-electron chi connectivity index (χ1n) is 10.9. The third-order valence-corrected chi connectivity index (χ3v) is 7.54. The van der Waals surface area contributed by atoms with E-state index in [2.05, 4.69) is 10.3 Å². The number of likely N-dealkylation sites (N-methyl/N-ethyl adjacent to an activating group) is 1. The molecular weight excluding hydrogens is 456 g/mol. The minimum Gasteiger partial charge on any atom is -0.486 e. The Labute approximate surface area is 200 Å². The molecule has 176 valence electrons. The lowest BCUT2D eigenvalue weighted by Gasteiger charge is -2.26.